The maximum absolute atomic E-state index is 11.1. The first-order valence-corrected chi connectivity index (χ1v) is 4.59. The van der Waals surface area contributed by atoms with Crippen molar-refractivity contribution in [2.24, 2.45) is 5.92 Å². The zero-order valence-electron chi connectivity index (χ0n) is 7.66. The van der Waals surface area contributed by atoms with Gasteiger partial charge in [0.2, 0.25) is 0 Å². The third kappa shape index (κ3) is 1.49. The smallest absolute Gasteiger partial charge is 0.171 e. The van der Waals surface area contributed by atoms with Crippen LogP contribution in [0.5, 0.6) is 0 Å². The van der Waals surface area contributed by atoms with E-state index in [0.717, 1.165) is 0 Å². The summed E-state index contributed by atoms with van der Waals surface area (Å²) >= 11 is 0. The van der Waals surface area contributed by atoms with E-state index in [4.69, 9.17) is 9.47 Å². The molecule has 0 unspecified atom stereocenters. The Balaban J connectivity index is 2.11. The van der Waals surface area contributed by atoms with Crippen molar-refractivity contribution >= 4 is 5.78 Å². The van der Waals surface area contributed by atoms with Crippen molar-refractivity contribution in [2.75, 3.05) is 13.2 Å². The molecule has 4 nitrogen and oxygen atoms in total. The van der Waals surface area contributed by atoms with Crippen LogP contribution >= 0.6 is 0 Å². The van der Waals surface area contributed by atoms with Crippen LogP contribution in [0, 0.1) is 5.92 Å². The van der Waals surface area contributed by atoms with Crippen LogP contribution in [0.1, 0.15) is 19.8 Å². The Hall–Kier alpha value is -0.450. The molecule has 0 aromatic rings. The Morgan fingerprint density at radius 3 is 2.46 bits per heavy atom. The minimum atomic E-state index is -0.744. The van der Waals surface area contributed by atoms with E-state index in [0.29, 0.717) is 19.6 Å². The first-order valence-electron chi connectivity index (χ1n) is 4.59. The highest BCUT2D eigenvalue weighted by Crippen LogP contribution is 2.37. The molecular weight excluding hydrogens is 172 g/mol. The summed E-state index contributed by atoms with van der Waals surface area (Å²) in [7, 11) is 0. The molecule has 1 N–H and O–H groups in total. The number of hydrogen-bond donors (Lipinski definition) is 1. The maximum atomic E-state index is 11.1. The molecule has 1 saturated carbocycles. The molecule has 4 heteroatoms. The van der Waals surface area contributed by atoms with Gasteiger partial charge in [0, 0.05) is 18.8 Å². The monoisotopic (exact) mass is 186 g/mol. The Kier molecular flexibility index (Phi) is 2.14. The number of ketones is 1. The summed E-state index contributed by atoms with van der Waals surface area (Å²) < 4.78 is 10.8. The lowest BCUT2D eigenvalue weighted by Gasteiger charge is -2.30. The number of aliphatic hydroxyl groups excluding tert-OH is 1. The standard InChI is InChI=1S/C9H14O4/c1-9(12-2-3-13-9)7-4-6(10)5-8(7)11/h7-8,11H,2-5H2,1H3/t7-,8+/m0/s1. The lowest BCUT2D eigenvalue weighted by atomic mass is 9.96. The molecule has 1 aliphatic heterocycles. The normalized spacial score (nSPS) is 38.5. The summed E-state index contributed by atoms with van der Waals surface area (Å²) in [5.41, 5.74) is 0. The van der Waals surface area contributed by atoms with Gasteiger partial charge in [-0.2, -0.15) is 0 Å². The molecule has 2 aliphatic rings. The molecular formula is C9H14O4. The van der Waals surface area contributed by atoms with Crippen LogP contribution in [0.2, 0.25) is 0 Å². The maximum Gasteiger partial charge on any atom is 0.171 e. The van der Waals surface area contributed by atoms with E-state index in [1.807, 2.05) is 0 Å². The highest BCUT2D eigenvalue weighted by atomic mass is 16.7. The second kappa shape index (κ2) is 3.04. The van der Waals surface area contributed by atoms with Gasteiger partial charge in [-0.15, -0.1) is 0 Å². The lowest BCUT2D eigenvalue weighted by Crippen LogP contribution is -2.40. The van der Waals surface area contributed by atoms with Crippen LogP contribution in [0.4, 0.5) is 0 Å². The highest BCUT2D eigenvalue weighted by Gasteiger charge is 2.48. The average molecular weight is 186 g/mol. The van der Waals surface area contributed by atoms with Crippen molar-refractivity contribution in [2.45, 2.75) is 31.7 Å². The van der Waals surface area contributed by atoms with Crippen molar-refractivity contribution < 1.29 is 19.4 Å². The van der Waals surface area contributed by atoms with Gasteiger partial charge in [-0.05, 0) is 6.92 Å². The molecule has 0 bridgehead atoms. The van der Waals surface area contributed by atoms with Crippen LogP contribution in [-0.4, -0.2) is 36.0 Å². The molecule has 2 fully saturated rings. The van der Waals surface area contributed by atoms with Gasteiger partial charge in [0.1, 0.15) is 5.78 Å². The summed E-state index contributed by atoms with van der Waals surface area (Å²) in [6, 6.07) is 0. The molecule has 1 heterocycles. The third-order valence-corrected chi connectivity index (χ3v) is 2.88. The quantitative estimate of drug-likeness (QED) is 0.630. The molecule has 0 radical (unpaired) electrons. The number of Topliss-reactive ketones (excluding diaryl/α,β-unsaturated/α-hetero) is 1. The fourth-order valence-electron chi connectivity index (χ4n) is 2.12. The highest BCUT2D eigenvalue weighted by molar-refractivity contribution is 5.81. The number of ether oxygens (including phenoxy) is 2. The number of aliphatic hydroxyl groups is 1. The molecule has 0 spiro atoms. The van der Waals surface area contributed by atoms with Crippen molar-refractivity contribution in [3.8, 4) is 0 Å². The van der Waals surface area contributed by atoms with Crippen molar-refractivity contribution in [1.82, 2.24) is 0 Å². The van der Waals surface area contributed by atoms with Gasteiger partial charge in [-0.3, -0.25) is 4.79 Å². The van der Waals surface area contributed by atoms with E-state index in [1.54, 1.807) is 6.92 Å². The Labute approximate surface area is 76.8 Å². The largest absolute Gasteiger partial charge is 0.392 e. The van der Waals surface area contributed by atoms with Crippen LogP contribution in [0.15, 0.2) is 0 Å². The van der Waals surface area contributed by atoms with Gasteiger partial charge in [0.15, 0.2) is 5.79 Å². The molecule has 2 rings (SSSR count). The van der Waals surface area contributed by atoms with E-state index in [1.165, 1.54) is 0 Å². The van der Waals surface area contributed by atoms with Crippen molar-refractivity contribution in [1.29, 1.82) is 0 Å². The average Bonchev–Trinajstić information content (AvgIpc) is 2.59. The first-order chi connectivity index (χ1) is 6.12. The van der Waals surface area contributed by atoms with Gasteiger partial charge < -0.3 is 14.6 Å². The van der Waals surface area contributed by atoms with Gasteiger partial charge in [-0.1, -0.05) is 0 Å². The minimum Gasteiger partial charge on any atom is -0.392 e. The Bertz CT molecular complexity index is 220. The van der Waals surface area contributed by atoms with Gasteiger partial charge in [-0.25, -0.2) is 0 Å². The summed E-state index contributed by atoms with van der Waals surface area (Å²) in [6.07, 6.45) is 0.0144. The van der Waals surface area contributed by atoms with E-state index in [-0.39, 0.29) is 18.1 Å². The predicted octanol–water partition coefficient (Wildman–Crippen LogP) is 0.0894. The van der Waals surface area contributed by atoms with E-state index >= 15 is 0 Å². The third-order valence-electron chi connectivity index (χ3n) is 2.88. The number of rotatable bonds is 1. The molecule has 0 amide bonds. The topological polar surface area (TPSA) is 55.8 Å². The van der Waals surface area contributed by atoms with Crippen molar-refractivity contribution in [3.63, 3.8) is 0 Å². The summed E-state index contributed by atoms with van der Waals surface area (Å²) in [6.45, 7) is 2.90. The number of carbonyl (C=O) groups is 1. The second-order valence-corrected chi connectivity index (χ2v) is 3.83. The summed E-state index contributed by atoms with van der Waals surface area (Å²) in [5.74, 6) is -0.841. The molecule has 1 saturated heterocycles. The predicted molar refractivity (Wildman–Crippen MR) is 44.0 cm³/mol. The lowest BCUT2D eigenvalue weighted by molar-refractivity contribution is -0.197. The SMILES string of the molecule is CC1([C@H]2CC(=O)C[C@H]2O)OCCO1. The number of hydrogen-bond acceptors (Lipinski definition) is 4. The van der Waals surface area contributed by atoms with Gasteiger partial charge in [0.25, 0.3) is 0 Å². The summed E-state index contributed by atoms with van der Waals surface area (Å²) in [5, 5.41) is 9.60. The van der Waals surface area contributed by atoms with Crippen LogP contribution in [-0.2, 0) is 14.3 Å². The molecule has 2 atom stereocenters. The van der Waals surface area contributed by atoms with Crippen LogP contribution in [0.25, 0.3) is 0 Å². The van der Waals surface area contributed by atoms with E-state index < -0.39 is 11.9 Å². The zero-order chi connectivity index (χ0) is 9.47. The fraction of sp³-hybridized carbons (Fsp3) is 0.889. The molecule has 1 aliphatic carbocycles. The first kappa shape index (κ1) is 9.12. The molecule has 0 aromatic heterocycles. The van der Waals surface area contributed by atoms with Gasteiger partial charge >= 0.3 is 0 Å². The minimum absolute atomic E-state index is 0.0952. The van der Waals surface area contributed by atoms with Crippen molar-refractivity contribution in [3.05, 3.63) is 0 Å². The Morgan fingerprint density at radius 2 is 2.00 bits per heavy atom. The van der Waals surface area contributed by atoms with Gasteiger partial charge in [0.05, 0.1) is 19.3 Å². The van der Waals surface area contributed by atoms with E-state index in [2.05, 4.69) is 0 Å². The van der Waals surface area contributed by atoms with Crippen LogP contribution < -0.4 is 0 Å². The van der Waals surface area contributed by atoms with Crippen LogP contribution in [0.3, 0.4) is 0 Å². The fourth-order valence-corrected chi connectivity index (χ4v) is 2.12. The molecule has 13 heavy (non-hydrogen) atoms. The molecule has 0 aromatic carbocycles. The zero-order valence-corrected chi connectivity index (χ0v) is 7.66. The van der Waals surface area contributed by atoms with E-state index in [9.17, 15) is 9.90 Å². The second-order valence-electron chi connectivity index (χ2n) is 3.83. The number of carbonyl (C=O) groups excluding carboxylic acids is 1. The Morgan fingerprint density at radius 1 is 1.38 bits per heavy atom. The molecule has 74 valence electrons. The summed E-state index contributed by atoms with van der Waals surface area (Å²) in [4.78, 5) is 11.1.